The second-order valence-corrected chi connectivity index (χ2v) is 7.94. The Morgan fingerprint density at radius 3 is 2.83 bits per heavy atom. The van der Waals surface area contributed by atoms with Crippen molar-refractivity contribution in [3.8, 4) is 0 Å². The third-order valence-corrected chi connectivity index (χ3v) is 6.38. The lowest BCUT2D eigenvalue weighted by molar-refractivity contribution is 0.158. The molecule has 0 radical (unpaired) electrons. The smallest absolute Gasteiger partial charge is 0.0613 e. The SMILES string of the molecule is CC1CCCC(SCCC2CCCC2(N)CO)C1. The van der Waals surface area contributed by atoms with Gasteiger partial charge in [0.25, 0.3) is 0 Å². The lowest BCUT2D eigenvalue weighted by Crippen LogP contribution is -2.47. The Labute approximate surface area is 116 Å². The monoisotopic (exact) mass is 271 g/mol. The molecule has 106 valence electrons. The van der Waals surface area contributed by atoms with Crippen molar-refractivity contribution in [3.05, 3.63) is 0 Å². The summed E-state index contributed by atoms with van der Waals surface area (Å²) < 4.78 is 0. The molecule has 2 nitrogen and oxygen atoms in total. The number of nitrogens with two attached hydrogens (primary N) is 1. The lowest BCUT2D eigenvalue weighted by atomic mass is 9.87. The molecule has 0 aliphatic heterocycles. The van der Waals surface area contributed by atoms with Gasteiger partial charge in [-0.2, -0.15) is 11.8 Å². The molecule has 2 aliphatic rings. The second-order valence-electron chi connectivity index (χ2n) is 6.53. The van der Waals surface area contributed by atoms with Crippen LogP contribution in [-0.2, 0) is 0 Å². The van der Waals surface area contributed by atoms with Crippen LogP contribution in [0.1, 0.15) is 58.3 Å². The van der Waals surface area contributed by atoms with Crippen LogP contribution in [0.5, 0.6) is 0 Å². The third kappa shape index (κ3) is 3.64. The molecule has 2 rings (SSSR count). The van der Waals surface area contributed by atoms with Crippen LogP contribution in [0, 0.1) is 11.8 Å². The average molecular weight is 271 g/mol. The maximum atomic E-state index is 9.45. The molecule has 3 N–H and O–H groups in total. The first-order chi connectivity index (χ1) is 8.64. The highest BCUT2D eigenvalue weighted by atomic mass is 32.2. The molecule has 0 heterocycles. The largest absolute Gasteiger partial charge is 0.394 e. The Kier molecular flexibility index (Phi) is 5.40. The van der Waals surface area contributed by atoms with Gasteiger partial charge in [-0.1, -0.05) is 26.2 Å². The molecule has 0 amide bonds. The van der Waals surface area contributed by atoms with Crippen LogP contribution in [-0.4, -0.2) is 28.3 Å². The van der Waals surface area contributed by atoms with E-state index in [2.05, 4.69) is 18.7 Å². The van der Waals surface area contributed by atoms with Crippen molar-refractivity contribution in [3.63, 3.8) is 0 Å². The van der Waals surface area contributed by atoms with Gasteiger partial charge in [-0.3, -0.25) is 0 Å². The molecule has 4 atom stereocenters. The van der Waals surface area contributed by atoms with Crippen molar-refractivity contribution >= 4 is 11.8 Å². The van der Waals surface area contributed by atoms with E-state index in [0.717, 1.165) is 17.6 Å². The van der Waals surface area contributed by atoms with E-state index >= 15 is 0 Å². The van der Waals surface area contributed by atoms with Gasteiger partial charge in [0.1, 0.15) is 0 Å². The summed E-state index contributed by atoms with van der Waals surface area (Å²) in [6, 6.07) is 0. The van der Waals surface area contributed by atoms with Crippen LogP contribution in [0.4, 0.5) is 0 Å². The molecule has 0 aromatic carbocycles. The van der Waals surface area contributed by atoms with E-state index in [4.69, 9.17) is 5.73 Å². The van der Waals surface area contributed by atoms with Crippen molar-refractivity contribution in [1.82, 2.24) is 0 Å². The zero-order valence-corrected chi connectivity index (χ0v) is 12.6. The van der Waals surface area contributed by atoms with Gasteiger partial charge >= 0.3 is 0 Å². The quantitative estimate of drug-likeness (QED) is 0.807. The minimum atomic E-state index is -0.263. The molecule has 0 saturated heterocycles. The highest BCUT2D eigenvalue weighted by Crippen LogP contribution is 2.38. The second kappa shape index (κ2) is 6.62. The summed E-state index contributed by atoms with van der Waals surface area (Å²) in [5.74, 6) is 2.71. The number of thioether (sulfide) groups is 1. The third-order valence-electron chi connectivity index (χ3n) is 5.01. The van der Waals surface area contributed by atoms with Crippen molar-refractivity contribution in [2.24, 2.45) is 17.6 Å². The van der Waals surface area contributed by atoms with Crippen molar-refractivity contribution < 1.29 is 5.11 Å². The number of hydrogen-bond donors (Lipinski definition) is 2. The zero-order chi connectivity index (χ0) is 13.0. The first kappa shape index (κ1) is 14.7. The van der Waals surface area contributed by atoms with Gasteiger partial charge in [-0.15, -0.1) is 0 Å². The predicted octanol–water partition coefficient (Wildman–Crippen LogP) is 3.18. The average Bonchev–Trinajstić information content (AvgIpc) is 2.72. The molecule has 0 aromatic rings. The molecular formula is C15H29NOS. The number of rotatable bonds is 5. The summed E-state index contributed by atoms with van der Waals surface area (Å²) in [5.41, 5.74) is 6.02. The van der Waals surface area contributed by atoms with Crippen LogP contribution < -0.4 is 5.73 Å². The first-order valence-electron chi connectivity index (χ1n) is 7.65. The predicted molar refractivity (Wildman–Crippen MR) is 79.8 cm³/mol. The summed E-state index contributed by atoms with van der Waals surface area (Å²) in [4.78, 5) is 0. The maximum Gasteiger partial charge on any atom is 0.0613 e. The fourth-order valence-electron chi connectivity index (χ4n) is 3.72. The Bertz CT molecular complexity index is 261. The van der Waals surface area contributed by atoms with Gasteiger partial charge in [0.05, 0.1) is 6.61 Å². The lowest BCUT2D eigenvalue weighted by Gasteiger charge is -2.30. The Morgan fingerprint density at radius 1 is 1.28 bits per heavy atom. The van der Waals surface area contributed by atoms with Gasteiger partial charge in [0, 0.05) is 10.8 Å². The molecule has 0 spiro atoms. The molecule has 2 fully saturated rings. The molecule has 4 unspecified atom stereocenters. The summed E-state index contributed by atoms with van der Waals surface area (Å²) >= 11 is 2.16. The van der Waals surface area contributed by atoms with Crippen molar-refractivity contribution in [2.75, 3.05) is 12.4 Å². The van der Waals surface area contributed by atoms with Crippen molar-refractivity contribution in [1.29, 1.82) is 0 Å². The van der Waals surface area contributed by atoms with E-state index in [0.29, 0.717) is 5.92 Å². The number of hydrogen-bond acceptors (Lipinski definition) is 3. The molecular weight excluding hydrogens is 242 g/mol. The summed E-state index contributed by atoms with van der Waals surface area (Å²) in [6.45, 7) is 2.56. The molecule has 2 aliphatic carbocycles. The van der Waals surface area contributed by atoms with E-state index in [9.17, 15) is 5.11 Å². The molecule has 18 heavy (non-hydrogen) atoms. The minimum absolute atomic E-state index is 0.169. The Morgan fingerprint density at radius 2 is 2.11 bits per heavy atom. The summed E-state index contributed by atoms with van der Waals surface area (Å²) in [6.07, 6.45) is 10.3. The van der Waals surface area contributed by atoms with Crippen LogP contribution >= 0.6 is 11.8 Å². The van der Waals surface area contributed by atoms with Crippen LogP contribution in [0.25, 0.3) is 0 Å². The maximum absolute atomic E-state index is 9.45. The van der Waals surface area contributed by atoms with Crippen LogP contribution in [0.2, 0.25) is 0 Å². The Balaban J connectivity index is 1.68. The zero-order valence-electron chi connectivity index (χ0n) is 11.7. The van der Waals surface area contributed by atoms with E-state index < -0.39 is 0 Å². The standard InChI is InChI=1S/C15H29NOS/c1-12-4-2-6-14(10-12)18-9-7-13-5-3-8-15(13,16)11-17/h12-14,17H,2-11,16H2,1H3. The first-order valence-corrected chi connectivity index (χ1v) is 8.70. The highest BCUT2D eigenvalue weighted by Gasteiger charge is 2.38. The summed E-state index contributed by atoms with van der Waals surface area (Å²) in [7, 11) is 0. The normalized spacial score (nSPS) is 41.2. The Hall–Kier alpha value is 0.270. The number of aliphatic hydroxyl groups is 1. The number of aliphatic hydroxyl groups excluding tert-OH is 1. The molecule has 0 aromatic heterocycles. The molecule has 3 heteroatoms. The van der Waals surface area contributed by atoms with Gasteiger partial charge in [-0.05, 0) is 49.7 Å². The minimum Gasteiger partial charge on any atom is -0.394 e. The highest BCUT2D eigenvalue weighted by molar-refractivity contribution is 7.99. The van der Waals surface area contributed by atoms with E-state index in [1.165, 1.54) is 50.7 Å². The molecule has 0 bridgehead atoms. The van der Waals surface area contributed by atoms with Gasteiger partial charge in [-0.25, -0.2) is 0 Å². The van der Waals surface area contributed by atoms with Gasteiger partial charge < -0.3 is 10.8 Å². The topological polar surface area (TPSA) is 46.2 Å². The van der Waals surface area contributed by atoms with Crippen LogP contribution in [0.3, 0.4) is 0 Å². The fraction of sp³-hybridized carbons (Fsp3) is 1.00. The van der Waals surface area contributed by atoms with E-state index in [-0.39, 0.29) is 12.1 Å². The van der Waals surface area contributed by atoms with Crippen molar-refractivity contribution in [2.45, 2.75) is 69.1 Å². The van der Waals surface area contributed by atoms with E-state index in [1.807, 2.05) is 0 Å². The van der Waals surface area contributed by atoms with Gasteiger partial charge in [0.15, 0.2) is 0 Å². The van der Waals surface area contributed by atoms with Crippen LogP contribution in [0.15, 0.2) is 0 Å². The van der Waals surface area contributed by atoms with Gasteiger partial charge in [0.2, 0.25) is 0 Å². The summed E-state index contributed by atoms with van der Waals surface area (Å²) in [5, 5.41) is 10.3. The molecule has 2 saturated carbocycles. The van der Waals surface area contributed by atoms with E-state index in [1.54, 1.807) is 0 Å². The fourth-order valence-corrected chi connectivity index (χ4v) is 5.27.